The van der Waals surface area contributed by atoms with Gasteiger partial charge >= 0.3 is 0 Å². The molecule has 0 atom stereocenters. The number of hydrogen-bond acceptors (Lipinski definition) is 4. The molecular weight excluding hydrogens is 398 g/mol. The summed E-state index contributed by atoms with van der Waals surface area (Å²) < 4.78 is 6.29. The van der Waals surface area contributed by atoms with E-state index in [9.17, 15) is 4.79 Å². The number of nitrogens with zero attached hydrogens (tertiary/aromatic N) is 3. The number of hydrogen-bond donors (Lipinski definition) is 0. The fraction of sp³-hybridized carbons (Fsp3) is 0.407. The maximum Gasteiger partial charge on any atom is 0.225 e. The van der Waals surface area contributed by atoms with Crippen LogP contribution in [0.2, 0.25) is 0 Å². The quantitative estimate of drug-likeness (QED) is 0.549. The number of piperidine rings is 1. The van der Waals surface area contributed by atoms with Gasteiger partial charge in [0.2, 0.25) is 5.91 Å². The summed E-state index contributed by atoms with van der Waals surface area (Å²) in [5, 5.41) is 1.21. The predicted octanol–water partition coefficient (Wildman–Crippen LogP) is 4.65. The highest BCUT2D eigenvalue weighted by Crippen LogP contribution is 2.32. The number of aromatic nitrogens is 1. The number of benzene rings is 2. The molecule has 2 aromatic carbocycles. The molecule has 1 amide bonds. The van der Waals surface area contributed by atoms with Gasteiger partial charge in [-0.15, -0.1) is 0 Å². The van der Waals surface area contributed by atoms with E-state index in [0.717, 1.165) is 63.1 Å². The van der Waals surface area contributed by atoms with Crippen molar-refractivity contribution in [2.24, 2.45) is 5.92 Å². The topological polar surface area (TPSA) is 45.7 Å². The Balaban J connectivity index is 1.17. The average Bonchev–Trinajstić information content (AvgIpc) is 3.65. The summed E-state index contributed by atoms with van der Waals surface area (Å²) in [7, 11) is 2.15. The molecule has 0 radical (unpaired) electrons. The molecule has 0 N–H and O–H groups in total. The molecule has 2 heterocycles. The van der Waals surface area contributed by atoms with E-state index < -0.39 is 0 Å². The van der Waals surface area contributed by atoms with Gasteiger partial charge in [-0.25, -0.2) is 0 Å². The largest absolute Gasteiger partial charge is 0.490 e. The van der Waals surface area contributed by atoms with Crippen LogP contribution in [-0.4, -0.2) is 46.9 Å². The van der Waals surface area contributed by atoms with Crippen LogP contribution in [0.4, 0.5) is 0 Å². The van der Waals surface area contributed by atoms with Gasteiger partial charge in [0, 0.05) is 56.5 Å². The molecule has 2 fully saturated rings. The molecule has 5 nitrogen and oxygen atoms in total. The monoisotopic (exact) mass is 429 g/mol. The van der Waals surface area contributed by atoms with Gasteiger partial charge in [-0.2, -0.15) is 0 Å². The van der Waals surface area contributed by atoms with Crippen molar-refractivity contribution in [1.29, 1.82) is 0 Å². The first-order valence-corrected chi connectivity index (χ1v) is 11.7. The summed E-state index contributed by atoms with van der Waals surface area (Å²) in [4.78, 5) is 21.1. The van der Waals surface area contributed by atoms with Crippen molar-refractivity contribution in [3.63, 3.8) is 0 Å². The van der Waals surface area contributed by atoms with Crippen LogP contribution in [0.1, 0.15) is 36.8 Å². The maximum atomic E-state index is 12.3. The van der Waals surface area contributed by atoms with Crippen LogP contribution < -0.4 is 4.74 Å². The third-order valence-corrected chi connectivity index (χ3v) is 6.51. The molecule has 1 saturated carbocycles. The molecule has 3 aromatic rings. The van der Waals surface area contributed by atoms with Crippen molar-refractivity contribution in [1.82, 2.24) is 14.8 Å². The molecule has 2 aliphatic rings. The van der Waals surface area contributed by atoms with Crippen molar-refractivity contribution >= 4 is 16.8 Å². The Labute approximate surface area is 190 Å². The molecule has 1 aromatic heterocycles. The van der Waals surface area contributed by atoms with E-state index in [2.05, 4.69) is 59.4 Å². The summed E-state index contributed by atoms with van der Waals surface area (Å²) >= 11 is 0. The van der Waals surface area contributed by atoms with Gasteiger partial charge in [0.1, 0.15) is 11.9 Å². The first-order valence-electron chi connectivity index (χ1n) is 11.7. The van der Waals surface area contributed by atoms with Gasteiger partial charge in [-0.1, -0.05) is 30.3 Å². The van der Waals surface area contributed by atoms with E-state index in [1.165, 1.54) is 16.5 Å². The number of amides is 1. The van der Waals surface area contributed by atoms with Crippen LogP contribution in [0.15, 0.2) is 60.8 Å². The number of likely N-dealkylation sites (tertiary alicyclic amines) is 1. The first-order chi connectivity index (χ1) is 15.7. The molecule has 0 unspecified atom stereocenters. The van der Waals surface area contributed by atoms with Crippen molar-refractivity contribution in [3.05, 3.63) is 71.9 Å². The first kappa shape index (κ1) is 21.0. The SMILES string of the molecule is CN(Cc1cccc(OC2CCN(C(=O)C3CC3)CC2)c1)Cc1cccc2ncccc12. The summed E-state index contributed by atoms with van der Waals surface area (Å²) in [6, 6.07) is 18.9. The summed E-state index contributed by atoms with van der Waals surface area (Å²) in [5.41, 5.74) is 3.57. The van der Waals surface area contributed by atoms with Crippen LogP contribution in [0.3, 0.4) is 0 Å². The van der Waals surface area contributed by atoms with Crippen molar-refractivity contribution in [2.75, 3.05) is 20.1 Å². The lowest BCUT2D eigenvalue weighted by Crippen LogP contribution is -2.42. The highest BCUT2D eigenvalue weighted by Gasteiger charge is 2.35. The minimum Gasteiger partial charge on any atom is -0.490 e. The molecule has 5 heteroatoms. The third-order valence-electron chi connectivity index (χ3n) is 6.51. The van der Waals surface area contributed by atoms with E-state index in [1.54, 1.807) is 0 Å². The second kappa shape index (κ2) is 9.29. The molecular formula is C27H31N3O2. The fourth-order valence-electron chi connectivity index (χ4n) is 4.66. The molecule has 5 rings (SSSR count). The number of pyridine rings is 1. The third kappa shape index (κ3) is 4.94. The van der Waals surface area contributed by atoms with Gasteiger partial charge in [0.15, 0.2) is 0 Å². The standard InChI is InChI=1S/C27H31N3O2/c1-29(19-22-6-3-9-26-25(22)8-4-14-28-26)18-20-5-2-7-24(17-20)32-23-12-15-30(16-13-23)27(31)21-10-11-21/h2-9,14,17,21,23H,10-13,15-16,18-19H2,1H3. The van der Waals surface area contributed by atoms with Crippen molar-refractivity contribution in [2.45, 2.75) is 44.9 Å². The van der Waals surface area contributed by atoms with Gasteiger partial charge < -0.3 is 9.64 Å². The van der Waals surface area contributed by atoms with Crippen LogP contribution in [0, 0.1) is 5.92 Å². The molecule has 1 saturated heterocycles. The average molecular weight is 430 g/mol. The molecule has 166 valence electrons. The number of fused-ring (bicyclic) bond motifs is 1. The molecule has 1 aliphatic heterocycles. The van der Waals surface area contributed by atoms with Gasteiger partial charge in [-0.05, 0) is 55.3 Å². The van der Waals surface area contributed by atoms with Gasteiger partial charge in [-0.3, -0.25) is 14.7 Å². The van der Waals surface area contributed by atoms with Crippen LogP contribution in [0.25, 0.3) is 10.9 Å². The zero-order valence-electron chi connectivity index (χ0n) is 18.7. The normalized spacial score (nSPS) is 17.1. The Hall–Kier alpha value is -2.92. The van der Waals surface area contributed by atoms with E-state index in [1.807, 2.05) is 23.2 Å². The lowest BCUT2D eigenvalue weighted by Gasteiger charge is -2.32. The Morgan fingerprint density at radius 2 is 1.84 bits per heavy atom. The lowest BCUT2D eigenvalue weighted by atomic mass is 10.1. The number of carbonyl (C=O) groups is 1. The maximum absolute atomic E-state index is 12.3. The molecule has 0 spiro atoms. The molecule has 0 bridgehead atoms. The minimum absolute atomic E-state index is 0.189. The summed E-state index contributed by atoms with van der Waals surface area (Å²) in [6.07, 6.45) is 6.02. The van der Waals surface area contributed by atoms with E-state index in [0.29, 0.717) is 11.8 Å². The lowest BCUT2D eigenvalue weighted by molar-refractivity contribution is -0.134. The minimum atomic E-state index is 0.189. The van der Waals surface area contributed by atoms with Crippen molar-refractivity contribution < 1.29 is 9.53 Å². The van der Waals surface area contributed by atoms with Crippen molar-refractivity contribution in [3.8, 4) is 5.75 Å². The second-order valence-electron chi connectivity index (χ2n) is 9.22. The molecule has 32 heavy (non-hydrogen) atoms. The number of rotatable bonds is 7. The van der Waals surface area contributed by atoms with Crippen LogP contribution in [-0.2, 0) is 17.9 Å². The fourth-order valence-corrected chi connectivity index (χ4v) is 4.66. The Morgan fingerprint density at radius 3 is 2.66 bits per heavy atom. The Morgan fingerprint density at radius 1 is 1.03 bits per heavy atom. The number of carbonyl (C=O) groups excluding carboxylic acids is 1. The number of ether oxygens (including phenoxy) is 1. The van der Waals surface area contributed by atoms with Gasteiger partial charge in [0.05, 0.1) is 5.52 Å². The second-order valence-corrected chi connectivity index (χ2v) is 9.22. The van der Waals surface area contributed by atoms with E-state index >= 15 is 0 Å². The van der Waals surface area contributed by atoms with Crippen LogP contribution in [0.5, 0.6) is 5.75 Å². The van der Waals surface area contributed by atoms with Crippen LogP contribution >= 0.6 is 0 Å². The summed E-state index contributed by atoms with van der Waals surface area (Å²) in [6.45, 7) is 3.36. The Bertz CT molecular complexity index is 1080. The zero-order chi connectivity index (χ0) is 21.9. The van der Waals surface area contributed by atoms with E-state index in [4.69, 9.17) is 4.74 Å². The van der Waals surface area contributed by atoms with E-state index in [-0.39, 0.29) is 6.10 Å². The smallest absolute Gasteiger partial charge is 0.225 e. The van der Waals surface area contributed by atoms with Gasteiger partial charge in [0.25, 0.3) is 0 Å². The highest BCUT2D eigenvalue weighted by molar-refractivity contribution is 5.82. The predicted molar refractivity (Wildman–Crippen MR) is 126 cm³/mol. The zero-order valence-corrected chi connectivity index (χ0v) is 18.7. The molecule has 1 aliphatic carbocycles. The Kier molecular flexibility index (Phi) is 6.08. The summed E-state index contributed by atoms with van der Waals surface area (Å²) in [5.74, 6) is 1.60. The highest BCUT2D eigenvalue weighted by atomic mass is 16.5.